The molecule has 0 spiro atoms. The van der Waals surface area contributed by atoms with E-state index >= 15 is 0 Å². The summed E-state index contributed by atoms with van der Waals surface area (Å²) in [6.45, 7) is 5.40. The van der Waals surface area contributed by atoms with Crippen molar-refractivity contribution in [3.05, 3.63) is 66.0 Å². The highest BCUT2D eigenvalue weighted by Crippen LogP contribution is 2.23. The smallest absolute Gasteiger partial charge is 0.130 e. The molecule has 1 nitrogen and oxygen atoms in total. The van der Waals surface area contributed by atoms with Crippen LogP contribution in [-0.4, -0.2) is 0 Å². The topological polar surface area (TPSA) is 9.23 Å². The second-order valence-corrected chi connectivity index (χ2v) is 3.79. The Morgan fingerprint density at radius 2 is 1.71 bits per heavy atom. The second-order valence-electron chi connectivity index (χ2n) is 3.79. The monoisotopic (exact) mass is 228 g/mol. The van der Waals surface area contributed by atoms with Crippen LogP contribution >= 0.6 is 0 Å². The van der Waals surface area contributed by atoms with Crippen molar-refractivity contribution < 1.29 is 9.13 Å². The van der Waals surface area contributed by atoms with E-state index in [0.717, 1.165) is 5.56 Å². The van der Waals surface area contributed by atoms with Crippen LogP contribution in [0.5, 0.6) is 11.5 Å². The largest absolute Gasteiger partial charge is 0.457 e. The third kappa shape index (κ3) is 2.72. The fourth-order valence-corrected chi connectivity index (χ4v) is 1.45. The normalized spacial score (nSPS) is 10.0. The van der Waals surface area contributed by atoms with Gasteiger partial charge < -0.3 is 4.74 Å². The lowest BCUT2D eigenvalue weighted by molar-refractivity contribution is 0.476. The van der Waals surface area contributed by atoms with E-state index in [2.05, 4.69) is 6.58 Å². The molecular formula is C15H13FO. The SMILES string of the molecule is C=Cc1ccc(Oc2ccc(C)c(F)c2)cc1. The van der Waals surface area contributed by atoms with Crippen molar-refractivity contribution in [3.8, 4) is 11.5 Å². The number of halogens is 1. The van der Waals surface area contributed by atoms with Crippen molar-refractivity contribution in [1.82, 2.24) is 0 Å². The van der Waals surface area contributed by atoms with Gasteiger partial charge in [0.1, 0.15) is 17.3 Å². The van der Waals surface area contributed by atoms with Crippen LogP contribution < -0.4 is 4.74 Å². The summed E-state index contributed by atoms with van der Waals surface area (Å²) in [6.07, 6.45) is 1.76. The van der Waals surface area contributed by atoms with Crippen LogP contribution in [0, 0.1) is 12.7 Å². The Hall–Kier alpha value is -2.09. The molecule has 0 aliphatic heterocycles. The summed E-state index contributed by atoms with van der Waals surface area (Å²) in [6, 6.07) is 12.3. The van der Waals surface area contributed by atoms with E-state index in [9.17, 15) is 4.39 Å². The van der Waals surface area contributed by atoms with Gasteiger partial charge in [-0.15, -0.1) is 0 Å². The predicted octanol–water partition coefficient (Wildman–Crippen LogP) is 4.57. The van der Waals surface area contributed by atoms with Gasteiger partial charge in [0, 0.05) is 6.07 Å². The molecule has 0 radical (unpaired) electrons. The molecule has 2 aromatic rings. The fraction of sp³-hybridized carbons (Fsp3) is 0.0667. The highest BCUT2D eigenvalue weighted by Gasteiger charge is 2.01. The highest BCUT2D eigenvalue weighted by atomic mass is 19.1. The highest BCUT2D eigenvalue weighted by molar-refractivity contribution is 5.48. The molecule has 0 saturated heterocycles. The minimum atomic E-state index is -0.259. The fourth-order valence-electron chi connectivity index (χ4n) is 1.45. The number of aryl methyl sites for hydroxylation is 1. The third-order valence-electron chi connectivity index (χ3n) is 2.49. The average molecular weight is 228 g/mol. The molecule has 17 heavy (non-hydrogen) atoms. The average Bonchev–Trinajstić information content (AvgIpc) is 2.35. The molecule has 0 fully saturated rings. The molecule has 0 unspecified atom stereocenters. The van der Waals surface area contributed by atoms with E-state index in [1.807, 2.05) is 24.3 Å². The Bertz CT molecular complexity index is 529. The van der Waals surface area contributed by atoms with Crippen molar-refractivity contribution in [2.75, 3.05) is 0 Å². The van der Waals surface area contributed by atoms with E-state index in [-0.39, 0.29) is 5.82 Å². The zero-order chi connectivity index (χ0) is 12.3. The van der Waals surface area contributed by atoms with Gasteiger partial charge in [0.25, 0.3) is 0 Å². The van der Waals surface area contributed by atoms with Crippen molar-refractivity contribution in [3.63, 3.8) is 0 Å². The van der Waals surface area contributed by atoms with E-state index in [0.29, 0.717) is 17.1 Å². The second kappa shape index (κ2) is 4.83. The Kier molecular flexibility index (Phi) is 3.24. The van der Waals surface area contributed by atoms with E-state index in [4.69, 9.17) is 4.74 Å². The molecular weight excluding hydrogens is 215 g/mol. The minimum Gasteiger partial charge on any atom is -0.457 e. The molecule has 0 aromatic heterocycles. The van der Waals surface area contributed by atoms with E-state index in [1.54, 1.807) is 25.1 Å². The zero-order valence-electron chi connectivity index (χ0n) is 9.61. The maximum absolute atomic E-state index is 13.3. The Morgan fingerprint density at radius 1 is 1.06 bits per heavy atom. The van der Waals surface area contributed by atoms with Gasteiger partial charge in [-0.3, -0.25) is 0 Å². The number of rotatable bonds is 3. The van der Waals surface area contributed by atoms with Crippen LogP contribution in [0.4, 0.5) is 4.39 Å². The predicted molar refractivity (Wildman–Crippen MR) is 67.7 cm³/mol. The summed E-state index contributed by atoms with van der Waals surface area (Å²) in [7, 11) is 0. The Labute approximate surface area is 100 Å². The number of benzene rings is 2. The van der Waals surface area contributed by atoms with Crippen LogP contribution in [0.25, 0.3) is 6.08 Å². The van der Waals surface area contributed by atoms with Crippen molar-refractivity contribution in [1.29, 1.82) is 0 Å². The number of ether oxygens (including phenoxy) is 1. The molecule has 2 rings (SSSR count). The summed E-state index contributed by atoms with van der Waals surface area (Å²) in [5, 5.41) is 0. The van der Waals surface area contributed by atoms with Crippen LogP contribution in [0.2, 0.25) is 0 Å². The third-order valence-corrected chi connectivity index (χ3v) is 2.49. The van der Waals surface area contributed by atoms with Crippen LogP contribution in [-0.2, 0) is 0 Å². The van der Waals surface area contributed by atoms with Crippen molar-refractivity contribution in [2.24, 2.45) is 0 Å². The minimum absolute atomic E-state index is 0.259. The lowest BCUT2D eigenvalue weighted by Crippen LogP contribution is -1.87. The molecule has 2 heteroatoms. The first-order valence-electron chi connectivity index (χ1n) is 5.35. The molecule has 0 amide bonds. The standard InChI is InChI=1S/C15H13FO/c1-3-12-5-8-13(9-6-12)17-14-7-4-11(2)15(16)10-14/h3-10H,1H2,2H3. The molecule has 0 aliphatic rings. The molecule has 0 saturated carbocycles. The van der Waals surface area contributed by atoms with Crippen LogP contribution in [0.3, 0.4) is 0 Å². The first-order chi connectivity index (χ1) is 8.19. The lowest BCUT2D eigenvalue weighted by atomic mass is 10.2. The van der Waals surface area contributed by atoms with Gasteiger partial charge in [-0.25, -0.2) is 4.39 Å². The summed E-state index contributed by atoms with van der Waals surface area (Å²) in [5.41, 5.74) is 1.63. The van der Waals surface area contributed by atoms with Crippen LogP contribution in [0.15, 0.2) is 49.0 Å². The summed E-state index contributed by atoms with van der Waals surface area (Å²) in [5.74, 6) is 0.920. The molecule has 0 bridgehead atoms. The van der Waals surface area contributed by atoms with Gasteiger partial charge >= 0.3 is 0 Å². The van der Waals surface area contributed by atoms with Gasteiger partial charge in [-0.05, 0) is 36.2 Å². The molecule has 0 atom stereocenters. The quantitative estimate of drug-likeness (QED) is 0.747. The summed E-state index contributed by atoms with van der Waals surface area (Å²) < 4.78 is 18.8. The summed E-state index contributed by atoms with van der Waals surface area (Å²) >= 11 is 0. The Morgan fingerprint density at radius 3 is 2.29 bits per heavy atom. The molecule has 86 valence electrons. The van der Waals surface area contributed by atoms with Gasteiger partial charge in [-0.1, -0.05) is 30.9 Å². The molecule has 0 aliphatic carbocycles. The maximum Gasteiger partial charge on any atom is 0.130 e. The lowest BCUT2D eigenvalue weighted by Gasteiger charge is -2.06. The van der Waals surface area contributed by atoms with Gasteiger partial charge in [-0.2, -0.15) is 0 Å². The molecule has 2 aromatic carbocycles. The number of hydrogen-bond acceptors (Lipinski definition) is 1. The Balaban J connectivity index is 2.19. The molecule has 0 N–H and O–H groups in total. The van der Waals surface area contributed by atoms with Crippen molar-refractivity contribution >= 4 is 6.08 Å². The van der Waals surface area contributed by atoms with Gasteiger partial charge in [0.2, 0.25) is 0 Å². The number of hydrogen-bond donors (Lipinski definition) is 0. The summed E-state index contributed by atoms with van der Waals surface area (Å²) in [4.78, 5) is 0. The molecule has 0 heterocycles. The van der Waals surface area contributed by atoms with Crippen LogP contribution in [0.1, 0.15) is 11.1 Å². The van der Waals surface area contributed by atoms with Gasteiger partial charge in [0.15, 0.2) is 0 Å². The zero-order valence-corrected chi connectivity index (χ0v) is 9.61. The van der Waals surface area contributed by atoms with E-state index in [1.165, 1.54) is 6.07 Å². The van der Waals surface area contributed by atoms with E-state index < -0.39 is 0 Å². The first-order valence-corrected chi connectivity index (χ1v) is 5.35. The maximum atomic E-state index is 13.3. The van der Waals surface area contributed by atoms with Gasteiger partial charge in [0.05, 0.1) is 0 Å². The van der Waals surface area contributed by atoms with Crippen molar-refractivity contribution in [2.45, 2.75) is 6.92 Å². The first kappa shape index (κ1) is 11.4.